The van der Waals surface area contributed by atoms with Crippen molar-refractivity contribution < 1.29 is 14.6 Å². The molecule has 1 N–H and O–H groups in total. The van der Waals surface area contributed by atoms with Gasteiger partial charge in [0.2, 0.25) is 5.91 Å². The van der Waals surface area contributed by atoms with Gasteiger partial charge in [0.05, 0.1) is 13.2 Å². The highest BCUT2D eigenvalue weighted by atomic mass is 16.5. The zero-order valence-electron chi connectivity index (χ0n) is 14.4. The maximum atomic E-state index is 12.4. The number of ether oxygens (including phenoxy) is 1. The van der Waals surface area contributed by atoms with Gasteiger partial charge in [-0.3, -0.25) is 4.79 Å². The van der Waals surface area contributed by atoms with E-state index in [1.54, 1.807) is 4.90 Å². The number of aliphatic hydroxyl groups is 1. The average molecular weight is 339 g/mol. The molecule has 132 valence electrons. The summed E-state index contributed by atoms with van der Waals surface area (Å²) in [6.07, 6.45) is 1.75. The molecule has 25 heavy (non-hydrogen) atoms. The molecule has 0 aliphatic carbocycles. The zero-order valence-corrected chi connectivity index (χ0v) is 14.4. The molecule has 3 rings (SSSR count). The van der Waals surface area contributed by atoms with Gasteiger partial charge < -0.3 is 14.7 Å². The van der Waals surface area contributed by atoms with Gasteiger partial charge >= 0.3 is 0 Å². The molecular formula is C21H25NO3. The fourth-order valence-corrected chi connectivity index (χ4v) is 3.24. The van der Waals surface area contributed by atoms with E-state index in [4.69, 9.17) is 4.74 Å². The van der Waals surface area contributed by atoms with Gasteiger partial charge in [0.25, 0.3) is 0 Å². The lowest BCUT2D eigenvalue weighted by molar-refractivity contribution is -0.131. The first-order chi connectivity index (χ1) is 12.2. The maximum Gasteiger partial charge on any atom is 0.222 e. The minimum atomic E-state index is -0.916. The highest BCUT2D eigenvalue weighted by Gasteiger charge is 2.39. The Balaban J connectivity index is 1.39. The molecule has 1 saturated heterocycles. The molecule has 0 spiro atoms. The van der Waals surface area contributed by atoms with Crippen LogP contribution >= 0.6 is 0 Å². The number of amides is 1. The SMILES string of the molecule is O=C(CCCOCc1ccccc1)N1CC[C@@](O)(c2ccccc2)C1. The van der Waals surface area contributed by atoms with Crippen LogP contribution in [-0.4, -0.2) is 35.6 Å². The summed E-state index contributed by atoms with van der Waals surface area (Å²) < 4.78 is 5.62. The summed E-state index contributed by atoms with van der Waals surface area (Å²) in [5, 5.41) is 10.8. The number of benzene rings is 2. The van der Waals surface area contributed by atoms with Crippen molar-refractivity contribution in [2.24, 2.45) is 0 Å². The topological polar surface area (TPSA) is 49.8 Å². The van der Waals surface area contributed by atoms with Crippen LogP contribution in [-0.2, 0) is 21.7 Å². The lowest BCUT2D eigenvalue weighted by Gasteiger charge is -2.24. The zero-order chi connectivity index (χ0) is 17.5. The third kappa shape index (κ3) is 4.68. The van der Waals surface area contributed by atoms with E-state index in [-0.39, 0.29) is 5.91 Å². The van der Waals surface area contributed by atoms with E-state index >= 15 is 0 Å². The Labute approximate surface area is 149 Å². The second-order valence-corrected chi connectivity index (χ2v) is 6.60. The number of β-amino-alcohol motifs (C(OH)–C–C–N with tert-alkyl or cyclic N) is 1. The second kappa shape index (κ2) is 8.28. The lowest BCUT2D eigenvalue weighted by Crippen LogP contribution is -2.34. The Hall–Kier alpha value is -2.17. The van der Waals surface area contributed by atoms with E-state index < -0.39 is 5.60 Å². The first kappa shape index (κ1) is 17.6. The van der Waals surface area contributed by atoms with Crippen molar-refractivity contribution >= 4 is 5.91 Å². The van der Waals surface area contributed by atoms with Crippen molar-refractivity contribution in [3.8, 4) is 0 Å². The van der Waals surface area contributed by atoms with Crippen molar-refractivity contribution in [2.75, 3.05) is 19.7 Å². The van der Waals surface area contributed by atoms with Crippen molar-refractivity contribution in [3.63, 3.8) is 0 Å². The third-order valence-electron chi connectivity index (χ3n) is 4.70. The van der Waals surface area contributed by atoms with Crippen LogP contribution in [0.5, 0.6) is 0 Å². The van der Waals surface area contributed by atoms with E-state index in [0.717, 1.165) is 11.1 Å². The number of carbonyl (C=O) groups excluding carboxylic acids is 1. The van der Waals surface area contributed by atoms with Gasteiger partial charge in [-0.05, 0) is 24.0 Å². The standard InChI is InChI=1S/C21H25NO3/c23-20(12-7-15-25-16-18-8-3-1-4-9-18)22-14-13-21(24,17-22)19-10-5-2-6-11-19/h1-6,8-11,24H,7,12-17H2/t21-/m0/s1. The van der Waals surface area contributed by atoms with Gasteiger partial charge in [0.1, 0.15) is 5.60 Å². The van der Waals surface area contributed by atoms with Gasteiger partial charge in [0, 0.05) is 19.6 Å². The predicted molar refractivity (Wildman–Crippen MR) is 96.9 cm³/mol. The molecular weight excluding hydrogens is 314 g/mol. The second-order valence-electron chi connectivity index (χ2n) is 6.60. The van der Waals surface area contributed by atoms with E-state index in [1.807, 2.05) is 60.7 Å². The van der Waals surface area contributed by atoms with Crippen molar-refractivity contribution in [2.45, 2.75) is 31.5 Å². The molecule has 1 fully saturated rings. The lowest BCUT2D eigenvalue weighted by atomic mass is 9.93. The molecule has 2 aromatic carbocycles. The Kier molecular flexibility index (Phi) is 5.84. The number of hydrogen-bond donors (Lipinski definition) is 1. The summed E-state index contributed by atoms with van der Waals surface area (Å²) in [5.41, 5.74) is 1.11. The molecule has 0 unspecified atom stereocenters. The van der Waals surface area contributed by atoms with Crippen LogP contribution < -0.4 is 0 Å². The summed E-state index contributed by atoms with van der Waals surface area (Å²) in [4.78, 5) is 14.1. The Morgan fingerprint density at radius 2 is 1.76 bits per heavy atom. The van der Waals surface area contributed by atoms with Crippen LogP contribution in [0.3, 0.4) is 0 Å². The fraction of sp³-hybridized carbons (Fsp3) is 0.381. The fourth-order valence-electron chi connectivity index (χ4n) is 3.24. The van der Waals surface area contributed by atoms with Crippen LogP contribution in [0, 0.1) is 0 Å². The van der Waals surface area contributed by atoms with Crippen LogP contribution in [0.15, 0.2) is 60.7 Å². The highest BCUT2D eigenvalue weighted by Crippen LogP contribution is 2.32. The Bertz CT molecular complexity index is 674. The number of rotatable bonds is 7. The quantitative estimate of drug-likeness (QED) is 0.789. The first-order valence-electron chi connectivity index (χ1n) is 8.85. The first-order valence-corrected chi connectivity index (χ1v) is 8.85. The molecule has 0 radical (unpaired) electrons. The van der Waals surface area contributed by atoms with E-state index in [2.05, 4.69) is 0 Å². The smallest absolute Gasteiger partial charge is 0.222 e. The molecule has 1 atom stereocenters. The normalized spacial score (nSPS) is 20.0. The molecule has 4 heteroatoms. The molecule has 0 bridgehead atoms. The van der Waals surface area contributed by atoms with Crippen molar-refractivity contribution in [3.05, 3.63) is 71.8 Å². The summed E-state index contributed by atoms with van der Waals surface area (Å²) in [5.74, 6) is 0.0927. The third-order valence-corrected chi connectivity index (χ3v) is 4.70. The molecule has 0 saturated carbocycles. The Morgan fingerprint density at radius 1 is 1.08 bits per heavy atom. The maximum absolute atomic E-state index is 12.4. The van der Waals surface area contributed by atoms with Crippen molar-refractivity contribution in [1.29, 1.82) is 0 Å². The van der Waals surface area contributed by atoms with E-state index in [9.17, 15) is 9.90 Å². The van der Waals surface area contributed by atoms with Gasteiger partial charge in [-0.25, -0.2) is 0 Å². The van der Waals surface area contributed by atoms with Gasteiger partial charge in [-0.15, -0.1) is 0 Å². The molecule has 1 heterocycles. The van der Waals surface area contributed by atoms with Crippen LogP contribution in [0.25, 0.3) is 0 Å². The number of likely N-dealkylation sites (tertiary alicyclic amines) is 1. The van der Waals surface area contributed by atoms with Crippen LogP contribution in [0.2, 0.25) is 0 Å². The minimum absolute atomic E-state index is 0.0927. The summed E-state index contributed by atoms with van der Waals surface area (Å²) in [6.45, 7) is 2.12. The van der Waals surface area contributed by atoms with E-state index in [1.165, 1.54) is 0 Å². The number of nitrogens with zero attached hydrogens (tertiary/aromatic N) is 1. The Morgan fingerprint density at radius 3 is 2.48 bits per heavy atom. The predicted octanol–water partition coefficient (Wildman–Crippen LogP) is 3.10. The summed E-state index contributed by atoms with van der Waals surface area (Å²) >= 11 is 0. The summed E-state index contributed by atoms with van der Waals surface area (Å²) in [6, 6.07) is 19.6. The van der Waals surface area contributed by atoms with E-state index in [0.29, 0.717) is 45.6 Å². The molecule has 0 aromatic heterocycles. The van der Waals surface area contributed by atoms with Gasteiger partial charge in [-0.1, -0.05) is 60.7 Å². The summed E-state index contributed by atoms with van der Waals surface area (Å²) in [7, 11) is 0. The molecule has 1 aliphatic rings. The monoisotopic (exact) mass is 339 g/mol. The minimum Gasteiger partial charge on any atom is -0.383 e. The number of carbonyl (C=O) groups is 1. The highest BCUT2D eigenvalue weighted by molar-refractivity contribution is 5.76. The van der Waals surface area contributed by atoms with Crippen molar-refractivity contribution in [1.82, 2.24) is 4.90 Å². The largest absolute Gasteiger partial charge is 0.383 e. The molecule has 1 aliphatic heterocycles. The van der Waals surface area contributed by atoms with Gasteiger partial charge in [0.15, 0.2) is 0 Å². The molecule has 1 amide bonds. The molecule has 2 aromatic rings. The van der Waals surface area contributed by atoms with Gasteiger partial charge in [-0.2, -0.15) is 0 Å². The molecule has 4 nitrogen and oxygen atoms in total. The number of hydrogen-bond acceptors (Lipinski definition) is 3. The van der Waals surface area contributed by atoms with Crippen LogP contribution in [0.4, 0.5) is 0 Å². The van der Waals surface area contributed by atoms with Crippen LogP contribution in [0.1, 0.15) is 30.4 Å². The average Bonchev–Trinajstić information content (AvgIpc) is 3.07.